The molecule has 0 bridgehead atoms. The van der Waals surface area contributed by atoms with Gasteiger partial charge in [0.05, 0.1) is 0 Å². The van der Waals surface area contributed by atoms with Crippen LogP contribution in [-0.4, -0.2) is 38.8 Å². The zero-order valence-corrected chi connectivity index (χ0v) is 12.1. The third kappa shape index (κ3) is 7.18. The van der Waals surface area contributed by atoms with E-state index in [0.717, 1.165) is 12.8 Å². The van der Waals surface area contributed by atoms with E-state index in [2.05, 4.69) is 5.32 Å². The van der Waals surface area contributed by atoms with Gasteiger partial charge < -0.3 is 10.1 Å². The molecule has 1 aliphatic carbocycles. The highest BCUT2D eigenvalue weighted by Gasteiger charge is 2.21. The Kier molecular flexibility index (Phi) is 6.38. The number of halogens is 1. The highest BCUT2D eigenvalue weighted by atomic mass is 35.7. The maximum atomic E-state index is 11.0. The smallest absolute Gasteiger partial charge is 0.302 e. The molecular weight excluding hydrogens is 278 g/mol. The summed E-state index contributed by atoms with van der Waals surface area (Å²) in [6.45, 7) is 1.59. The van der Waals surface area contributed by atoms with Crippen LogP contribution in [0.3, 0.4) is 0 Å². The van der Waals surface area contributed by atoms with Crippen molar-refractivity contribution in [2.24, 2.45) is 0 Å². The summed E-state index contributed by atoms with van der Waals surface area (Å²) < 4.78 is 27.0. The predicted molar refractivity (Wildman–Crippen MR) is 70.1 cm³/mol. The molecular formula is C11H20ClNO4S. The van der Waals surface area contributed by atoms with E-state index >= 15 is 0 Å². The molecule has 7 heteroatoms. The zero-order valence-electron chi connectivity index (χ0n) is 10.5. The first-order valence-corrected chi connectivity index (χ1v) is 8.67. The molecule has 0 aromatic carbocycles. The molecule has 0 aromatic heterocycles. The van der Waals surface area contributed by atoms with Gasteiger partial charge in [0.25, 0.3) is 0 Å². The molecule has 1 atom stereocenters. The minimum absolute atomic E-state index is 0.330. The SMILES string of the molecule is CC(=O)OC(CNC1CCCCC1)CS(=O)(=O)Cl. The number of hydrogen-bond donors (Lipinski definition) is 1. The monoisotopic (exact) mass is 297 g/mol. The van der Waals surface area contributed by atoms with Crippen LogP contribution in [-0.2, 0) is 18.6 Å². The number of ether oxygens (including phenoxy) is 1. The van der Waals surface area contributed by atoms with Crippen molar-refractivity contribution >= 4 is 25.7 Å². The fourth-order valence-electron chi connectivity index (χ4n) is 2.20. The van der Waals surface area contributed by atoms with E-state index in [1.54, 1.807) is 0 Å². The standard InChI is InChI=1S/C11H20ClNO4S/c1-9(14)17-11(8-18(12,15)16)7-13-10-5-3-2-4-6-10/h10-11,13H,2-8H2,1H3. The highest BCUT2D eigenvalue weighted by Crippen LogP contribution is 2.17. The first-order chi connectivity index (χ1) is 8.37. The molecule has 5 nitrogen and oxygen atoms in total. The molecule has 0 saturated heterocycles. The minimum Gasteiger partial charge on any atom is -0.460 e. The molecule has 1 fully saturated rings. The first kappa shape index (κ1) is 15.7. The lowest BCUT2D eigenvalue weighted by Crippen LogP contribution is -2.40. The normalized spacial score (nSPS) is 19.4. The van der Waals surface area contributed by atoms with Crippen LogP contribution in [0.4, 0.5) is 0 Å². The first-order valence-electron chi connectivity index (χ1n) is 6.20. The molecule has 0 amide bonds. The van der Waals surface area contributed by atoms with Gasteiger partial charge in [0.15, 0.2) is 0 Å². The summed E-state index contributed by atoms with van der Waals surface area (Å²) in [4.78, 5) is 10.9. The van der Waals surface area contributed by atoms with Crippen LogP contribution in [0, 0.1) is 0 Å². The van der Waals surface area contributed by atoms with Crippen molar-refractivity contribution in [3.63, 3.8) is 0 Å². The van der Waals surface area contributed by atoms with Crippen molar-refractivity contribution in [1.82, 2.24) is 5.32 Å². The second kappa shape index (κ2) is 7.31. The predicted octanol–water partition coefficient (Wildman–Crippen LogP) is 1.41. The van der Waals surface area contributed by atoms with E-state index in [4.69, 9.17) is 15.4 Å². The van der Waals surface area contributed by atoms with Gasteiger partial charge in [-0.25, -0.2) is 8.42 Å². The maximum absolute atomic E-state index is 11.0. The van der Waals surface area contributed by atoms with E-state index in [1.807, 2.05) is 0 Å². The topological polar surface area (TPSA) is 72.5 Å². The molecule has 18 heavy (non-hydrogen) atoms. The van der Waals surface area contributed by atoms with Crippen molar-refractivity contribution in [3.05, 3.63) is 0 Å². The molecule has 1 N–H and O–H groups in total. The zero-order chi connectivity index (χ0) is 13.6. The second-order valence-corrected chi connectivity index (χ2v) is 7.50. The molecule has 0 aliphatic heterocycles. The van der Waals surface area contributed by atoms with Gasteiger partial charge in [-0.2, -0.15) is 0 Å². The second-order valence-electron chi connectivity index (χ2n) is 4.68. The Morgan fingerprint density at radius 1 is 1.39 bits per heavy atom. The Morgan fingerprint density at radius 3 is 2.50 bits per heavy atom. The van der Waals surface area contributed by atoms with Gasteiger partial charge in [0.1, 0.15) is 11.9 Å². The Morgan fingerprint density at radius 2 is 2.00 bits per heavy atom. The maximum Gasteiger partial charge on any atom is 0.302 e. The van der Waals surface area contributed by atoms with Crippen LogP contribution in [0.2, 0.25) is 0 Å². The summed E-state index contributed by atoms with van der Waals surface area (Å²) in [6, 6.07) is 0.384. The number of esters is 1. The number of carbonyl (C=O) groups excluding carboxylic acids is 1. The molecule has 1 aliphatic rings. The van der Waals surface area contributed by atoms with Gasteiger partial charge in [0, 0.05) is 30.2 Å². The van der Waals surface area contributed by atoms with E-state index in [0.29, 0.717) is 12.6 Å². The number of carbonyl (C=O) groups is 1. The Balaban J connectivity index is 2.41. The van der Waals surface area contributed by atoms with Crippen LogP contribution < -0.4 is 5.32 Å². The molecule has 106 valence electrons. The molecule has 1 rings (SSSR count). The van der Waals surface area contributed by atoms with Crippen LogP contribution in [0.25, 0.3) is 0 Å². The largest absolute Gasteiger partial charge is 0.460 e. The van der Waals surface area contributed by atoms with Gasteiger partial charge in [-0.05, 0) is 12.8 Å². The average molecular weight is 298 g/mol. The summed E-state index contributed by atoms with van der Waals surface area (Å²) >= 11 is 0. The lowest BCUT2D eigenvalue weighted by atomic mass is 9.95. The van der Waals surface area contributed by atoms with Crippen LogP contribution >= 0.6 is 10.7 Å². The summed E-state index contributed by atoms with van der Waals surface area (Å²) in [5, 5.41) is 3.25. The summed E-state index contributed by atoms with van der Waals surface area (Å²) in [5.74, 6) is -0.848. The van der Waals surface area contributed by atoms with Crippen molar-refractivity contribution in [3.8, 4) is 0 Å². The van der Waals surface area contributed by atoms with Crippen LogP contribution in [0.1, 0.15) is 39.0 Å². The van der Waals surface area contributed by atoms with Crippen molar-refractivity contribution in [2.45, 2.75) is 51.2 Å². The van der Waals surface area contributed by atoms with E-state index in [9.17, 15) is 13.2 Å². The van der Waals surface area contributed by atoms with E-state index in [1.165, 1.54) is 26.2 Å². The van der Waals surface area contributed by atoms with Gasteiger partial charge in [-0.3, -0.25) is 4.79 Å². The third-order valence-corrected chi connectivity index (χ3v) is 4.10. The molecule has 0 radical (unpaired) electrons. The molecule has 1 unspecified atom stereocenters. The lowest BCUT2D eigenvalue weighted by molar-refractivity contribution is -0.145. The number of hydrogen-bond acceptors (Lipinski definition) is 5. The number of rotatable bonds is 6. The Bertz CT molecular complexity index is 365. The van der Waals surface area contributed by atoms with Crippen molar-refractivity contribution in [1.29, 1.82) is 0 Å². The van der Waals surface area contributed by atoms with Crippen LogP contribution in [0.15, 0.2) is 0 Å². The third-order valence-electron chi connectivity index (χ3n) is 2.96. The minimum atomic E-state index is -3.67. The van der Waals surface area contributed by atoms with E-state index in [-0.39, 0.29) is 5.75 Å². The van der Waals surface area contributed by atoms with Gasteiger partial charge >= 0.3 is 5.97 Å². The van der Waals surface area contributed by atoms with Gasteiger partial charge in [-0.1, -0.05) is 19.3 Å². The van der Waals surface area contributed by atoms with Gasteiger partial charge in [0.2, 0.25) is 9.05 Å². The molecule has 0 aromatic rings. The highest BCUT2D eigenvalue weighted by molar-refractivity contribution is 8.13. The summed E-state index contributed by atoms with van der Waals surface area (Å²) in [6.07, 6.45) is 5.07. The molecule has 0 spiro atoms. The fourth-order valence-corrected chi connectivity index (χ4v) is 3.25. The Labute approximate surface area is 113 Å². The molecule has 0 heterocycles. The van der Waals surface area contributed by atoms with Crippen LogP contribution in [0.5, 0.6) is 0 Å². The summed E-state index contributed by atoms with van der Waals surface area (Å²) in [7, 11) is 1.52. The quantitative estimate of drug-likeness (QED) is 0.593. The van der Waals surface area contributed by atoms with Gasteiger partial charge in [-0.15, -0.1) is 0 Å². The van der Waals surface area contributed by atoms with Crippen molar-refractivity contribution in [2.75, 3.05) is 12.3 Å². The van der Waals surface area contributed by atoms with E-state index < -0.39 is 21.1 Å². The molecule has 1 saturated carbocycles. The fraction of sp³-hybridized carbons (Fsp3) is 0.909. The average Bonchev–Trinajstić information content (AvgIpc) is 2.24. The lowest BCUT2D eigenvalue weighted by Gasteiger charge is -2.25. The number of nitrogens with one attached hydrogen (secondary N) is 1. The van der Waals surface area contributed by atoms with Crippen molar-refractivity contribution < 1.29 is 17.9 Å². The summed E-state index contributed by atoms with van der Waals surface area (Å²) in [5.41, 5.74) is 0. The Hall–Kier alpha value is -0.330.